The molecular formula is C22H21N5O2. The summed E-state index contributed by atoms with van der Waals surface area (Å²) >= 11 is 0. The number of benzene rings is 1. The Kier molecular flexibility index (Phi) is 5.76. The number of carbonyl (C=O) groups is 1. The van der Waals surface area contributed by atoms with Crippen molar-refractivity contribution in [3.05, 3.63) is 84.6 Å². The number of hydrogen-bond acceptors (Lipinski definition) is 7. The van der Waals surface area contributed by atoms with Crippen LogP contribution in [-0.2, 0) is 11.2 Å². The standard InChI is InChI=1S/C22H21N5O2/c28-15-20-19(18-9-4-10-23-13-18)14-26-27(20)21-12-22(25-16-24-21)29-11-5-8-17-6-2-1-3-7-17/h1-4,6-7,9-10,12-16,20,26H,5,8,11H2. The third kappa shape index (κ3) is 4.40. The minimum atomic E-state index is -0.514. The van der Waals surface area contributed by atoms with Gasteiger partial charge < -0.3 is 15.0 Å². The second kappa shape index (κ2) is 8.97. The fraction of sp³-hybridized carbons (Fsp3) is 0.182. The summed E-state index contributed by atoms with van der Waals surface area (Å²) in [7, 11) is 0. The molecule has 1 aromatic carbocycles. The van der Waals surface area contributed by atoms with E-state index in [4.69, 9.17) is 4.74 Å². The molecule has 146 valence electrons. The zero-order valence-corrected chi connectivity index (χ0v) is 15.8. The molecule has 29 heavy (non-hydrogen) atoms. The van der Waals surface area contributed by atoms with E-state index in [0.29, 0.717) is 18.3 Å². The third-order valence-corrected chi connectivity index (χ3v) is 4.66. The number of anilines is 1. The molecule has 0 saturated heterocycles. The average molecular weight is 387 g/mol. The lowest BCUT2D eigenvalue weighted by atomic mass is 10.0. The molecule has 1 aliphatic rings. The van der Waals surface area contributed by atoms with Gasteiger partial charge in [-0.15, -0.1) is 0 Å². The Morgan fingerprint density at radius 1 is 1.14 bits per heavy atom. The smallest absolute Gasteiger partial charge is 0.218 e. The molecule has 1 aliphatic heterocycles. The van der Waals surface area contributed by atoms with Crippen molar-refractivity contribution in [2.75, 3.05) is 11.6 Å². The van der Waals surface area contributed by atoms with Crippen LogP contribution in [0.1, 0.15) is 17.5 Å². The molecule has 1 N–H and O–H groups in total. The normalized spacial score (nSPS) is 15.5. The minimum Gasteiger partial charge on any atom is -0.478 e. The summed E-state index contributed by atoms with van der Waals surface area (Å²) in [5.41, 5.74) is 6.10. The quantitative estimate of drug-likeness (QED) is 0.470. The van der Waals surface area contributed by atoms with Crippen LogP contribution >= 0.6 is 0 Å². The lowest BCUT2D eigenvalue weighted by molar-refractivity contribution is -0.107. The number of nitrogens with zero attached hydrogens (tertiary/aromatic N) is 4. The first-order chi connectivity index (χ1) is 14.3. The molecule has 0 radical (unpaired) electrons. The highest BCUT2D eigenvalue weighted by atomic mass is 16.5. The molecule has 4 rings (SSSR count). The maximum absolute atomic E-state index is 11.8. The Labute approximate surface area is 169 Å². The van der Waals surface area contributed by atoms with Crippen LogP contribution in [0.4, 0.5) is 5.82 Å². The molecule has 0 bridgehead atoms. The van der Waals surface area contributed by atoms with Crippen LogP contribution < -0.4 is 15.2 Å². The molecule has 1 unspecified atom stereocenters. The SMILES string of the molecule is O=CC1C(c2cccnc2)=CNN1c1cc(OCCCc2ccccc2)ncn1. The van der Waals surface area contributed by atoms with Crippen molar-refractivity contribution in [2.45, 2.75) is 18.9 Å². The first kappa shape index (κ1) is 18.6. The number of carbonyl (C=O) groups excluding carboxylic acids is 1. The number of pyridine rings is 1. The van der Waals surface area contributed by atoms with Gasteiger partial charge in [0.05, 0.1) is 6.61 Å². The molecule has 0 aliphatic carbocycles. The van der Waals surface area contributed by atoms with E-state index in [-0.39, 0.29) is 0 Å². The van der Waals surface area contributed by atoms with Crippen LogP contribution in [0.2, 0.25) is 0 Å². The van der Waals surface area contributed by atoms with E-state index in [1.165, 1.54) is 11.9 Å². The fourth-order valence-electron chi connectivity index (χ4n) is 3.21. The van der Waals surface area contributed by atoms with Gasteiger partial charge in [0.2, 0.25) is 5.88 Å². The summed E-state index contributed by atoms with van der Waals surface area (Å²) in [6.45, 7) is 0.551. The summed E-state index contributed by atoms with van der Waals surface area (Å²) in [5.74, 6) is 1.04. The first-order valence-corrected chi connectivity index (χ1v) is 9.45. The molecule has 1 atom stereocenters. The van der Waals surface area contributed by atoms with Crippen LogP contribution in [0.3, 0.4) is 0 Å². The lowest BCUT2D eigenvalue weighted by Crippen LogP contribution is -2.40. The van der Waals surface area contributed by atoms with E-state index in [9.17, 15) is 4.79 Å². The van der Waals surface area contributed by atoms with Gasteiger partial charge in [-0.25, -0.2) is 9.97 Å². The summed E-state index contributed by atoms with van der Waals surface area (Å²) in [6.07, 6.45) is 9.36. The summed E-state index contributed by atoms with van der Waals surface area (Å²) < 4.78 is 5.79. The Balaban J connectivity index is 1.39. The molecule has 0 spiro atoms. The van der Waals surface area contributed by atoms with Gasteiger partial charge in [-0.1, -0.05) is 36.4 Å². The van der Waals surface area contributed by atoms with Crippen molar-refractivity contribution in [1.29, 1.82) is 0 Å². The van der Waals surface area contributed by atoms with Gasteiger partial charge in [-0.2, -0.15) is 0 Å². The maximum Gasteiger partial charge on any atom is 0.218 e. The van der Waals surface area contributed by atoms with Gasteiger partial charge in [-0.05, 0) is 24.5 Å². The van der Waals surface area contributed by atoms with Crippen LogP contribution in [0.5, 0.6) is 5.88 Å². The molecular weight excluding hydrogens is 366 g/mol. The Hall–Kier alpha value is -3.74. The summed E-state index contributed by atoms with van der Waals surface area (Å²) in [5, 5.41) is 1.69. The highest BCUT2D eigenvalue weighted by Crippen LogP contribution is 2.28. The molecule has 7 nitrogen and oxygen atoms in total. The molecule has 2 aromatic heterocycles. The highest BCUT2D eigenvalue weighted by molar-refractivity contribution is 5.89. The number of rotatable bonds is 8. The Morgan fingerprint density at radius 2 is 2.03 bits per heavy atom. The van der Waals surface area contributed by atoms with Crippen molar-refractivity contribution in [2.24, 2.45) is 0 Å². The second-order valence-electron chi connectivity index (χ2n) is 6.57. The van der Waals surface area contributed by atoms with E-state index in [1.54, 1.807) is 29.7 Å². The highest BCUT2D eigenvalue weighted by Gasteiger charge is 2.29. The van der Waals surface area contributed by atoms with E-state index in [2.05, 4.69) is 32.5 Å². The van der Waals surface area contributed by atoms with Gasteiger partial charge in [0.15, 0.2) is 5.82 Å². The lowest BCUT2D eigenvalue weighted by Gasteiger charge is -2.23. The van der Waals surface area contributed by atoms with Crippen molar-refractivity contribution >= 4 is 17.7 Å². The van der Waals surface area contributed by atoms with Crippen molar-refractivity contribution in [1.82, 2.24) is 20.4 Å². The van der Waals surface area contributed by atoms with Crippen molar-refractivity contribution < 1.29 is 9.53 Å². The Morgan fingerprint density at radius 3 is 2.83 bits per heavy atom. The topological polar surface area (TPSA) is 80.2 Å². The van der Waals surface area contributed by atoms with Gasteiger partial charge in [0.1, 0.15) is 18.7 Å². The molecule has 3 heterocycles. The average Bonchev–Trinajstić information content (AvgIpc) is 3.22. The third-order valence-electron chi connectivity index (χ3n) is 4.66. The number of ether oxygens (including phenoxy) is 1. The number of hydrogen-bond donors (Lipinski definition) is 1. The van der Waals surface area contributed by atoms with Crippen LogP contribution in [-0.4, -0.2) is 33.9 Å². The molecule has 0 fully saturated rings. The monoisotopic (exact) mass is 387 g/mol. The number of aryl methyl sites for hydroxylation is 1. The molecule has 7 heteroatoms. The molecule has 0 amide bonds. The van der Waals surface area contributed by atoms with Crippen molar-refractivity contribution in [3.8, 4) is 5.88 Å². The largest absolute Gasteiger partial charge is 0.478 e. The summed E-state index contributed by atoms with van der Waals surface area (Å²) in [6, 6.07) is 15.3. The second-order valence-corrected chi connectivity index (χ2v) is 6.57. The predicted molar refractivity (Wildman–Crippen MR) is 110 cm³/mol. The fourth-order valence-corrected chi connectivity index (χ4v) is 3.21. The predicted octanol–water partition coefficient (Wildman–Crippen LogP) is 2.82. The van der Waals surface area contributed by atoms with Crippen LogP contribution in [0.15, 0.2) is 73.5 Å². The maximum atomic E-state index is 11.8. The molecule has 0 saturated carbocycles. The van der Waals surface area contributed by atoms with Crippen LogP contribution in [0.25, 0.3) is 5.57 Å². The van der Waals surface area contributed by atoms with Gasteiger partial charge in [0.25, 0.3) is 0 Å². The van der Waals surface area contributed by atoms with Gasteiger partial charge in [0, 0.05) is 35.8 Å². The van der Waals surface area contributed by atoms with Gasteiger partial charge >= 0.3 is 0 Å². The zero-order chi connectivity index (χ0) is 19.9. The zero-order valence-electron chi connectivity index (χ0n) is 15.8. The van der Waals surface area contributed by atoms with E-state index in [1.807, 2.05) is 30.3 Å². The van der Waals surface area contributed by atoms with E-state index >= 15 is 0 Å². The van der Waals surface area contributed by atoms with Gasteiger partial charge in [-0.3, -0.25) is 9.99 Å². The van der Waals surface area contributed by atoms with Crippen LogP contribution in [0, 0.1) is 0 Å². The number of aldehydes is 1. The minimum absolute atomic E-state index is 0.476. The number of nitrogens with one attached hydrogen (secondary N) is 1. The van der Waals surface area contributed by atoms with E-state index < -0.39 is 6.04 Å². The molecule has 3 aromatic rings. The number of hydrazine groups is 1. The Bertz CT molecular complexity index is 979. The summed E-state index contributed by atoms with van der Waals surface area (Å²) in [4.78, 5) is 24.4. The van der Waals surface area contributed by atoms with E-state index in [0.717, 1.165) is 30.3 Å². The first-order valence-electron chi connectivity index (χ1n) is 9.45. The number of aromatic nitrogens is 3. The van der Waals surface area contributed by atoms with Crippen molar-refractivity contribution in [3.63, 3.8) is 0 Å².